The lowest BCUT2D eigenvalue weighted by Gasteiger charge is -2.17. The third-order valence-electron chi connectivity index (χ3n) is 2.79. The molecule has 1 fully saturated rings. The number of hydrogen-bond donors (Lipinski definition) is 4. The Morgan fingerprint density at radius 1 is 1.47 bits per heavy atom. The molecular weight excluding hydrogens is 256 g/mol. The lowest BCUT2D eigenvalue weighted by atomic mass is 10.1. The minimum Gasteiger partial charge on any atom is -0.461 e. The molecule has 2 heterocycles. The van der Waals surface area contributed by atoms with Crippen molar-refractivity contribution >= 4 is 5.91 Å². The molecule has 2 rings (SSSR count). The van der Waals surface area contributed by atoms with Crippen molar-refractivity contribution in [3.63, 3.8) is 0 Å². The number of nitrogens with two attached hydrogens (primary N) is 1. The molecule has 19 heavy (non-hydrogen) atoms. The number of hydrogen-bond acceptors (Lipinski definition) is 7. The van der Waals surface area contributed by atoms with E-state index >= 15 is 0 Å². The highest BCUT2D eigenvalue weighted by atomic mass is 16.7. The molecule has 1 aliphatic heterocycles. The topological polar surface area (TPSA) is 135 Å². The van der Waals surface area contributed by atoms with Gasteiger partial charge in [0.25, 0.3) is 5.91 Å². The van der Waals surface area contributed by atoms with Gasteiger partial charge < -0.3 is 30.5 Å². The number of aromatic nitrogens is 1. The van der Waals surface area contributed by atoms with Crippen molar-refractivity contribution in [3.05, 3.63) is 24.0 Å². The molecule has 1 aromatic heterocycles. The number of nitrogens with zero attached hydrogens (tertiary/aromatic N) is 1. The predicted octanol–water partition coefficient (Wildman–Crippen LogP) is -2.00. The average molecular weight is 270 g/mol. The fourth-order valence-corrected chi connectivity index (χ4v) is 1.76. The van der Waals surface area contributed by atoms with Crippen LogP contribution >= 0.6 is 0 Å². The summed E-state index contributed by atoms with van der Waals surface area (Å²) >= 11 is 0. The summed E-state index contributed by atoms with van der Waals surface area (Å²) in [5.74, 6) is -0.660. The largest absolute Gasteiger partial charge is 0.461 e. The third kappa shape index (κ3) is 2.66. The SMILES string of the molecule is NC(=O)c1cnccc1OC1O[C@H](CO)[C@@H](O)[C@H]1O. The van der Waals surface area contributed by atoms with Gasteiger partial charge in [0.15, 0.2) is 0 Å². The van der Waals surface area contributed by atoms with Crippen LogP contribution in [0.25, 0.3) is 0 Å². The molecule has 1 amide bonds. The zero-order valence-electron chi connectivity index (χ0n) is 9.84. The van der Waals surface area contributed by atoms with Crippen LogP contribution in [0.15, 0.2) is 18.5 Å². The summed E-state index contributed by atoms with van der Waals surface area (Å²) in [6.45, 7) is -0.461. The van der Waals surface area contributed by atoms with Gasteiger partial charge in [-0.2, -0.15) is 0 Å². The zero-order valence-corrected chi connectivity index (χ0v) is 9.84. The van der Waals surface area contributed by atoms with Gasteiger partial charge in [-0.1, -0.05) is 0 Å². The second-order valence-corrected chi connectivity index (χ2v) is 4.06. The normalized spacial score (nSPS) is 30.3. The molecule has 104 valence electrons. The number of pyridine rings is 1. The minimum atomic E-state index is -1.34. The number of primary amides is 1. The van der Waals surface area contributed by atoms with E-state index in [1.807, 2.05) is 0 Å². The maximum Gasteiger partial charge on any atom is 0.254 e. The first kappa shape index (κ1) is 13.7. The van der Waals surface area contributed by atoms with E-state index in [-0.39, 0.29) is 11.3 Å². The molecule has 1 unspecified atom stereocenters. The number of amides is 1. The first-order chi connectivity index (χ1) is 9.04. The molecule has 0 bridgehead atoms. The minimum absolute atomic E-state index is 0.0280. The first-order valence-corrected chi connectivity index (χ1v) is 5.57. The Morgan fingerprint density at radius 2 is 2.21 bits per heavy atom. The van der Waals surface area contributed by atoms with Crippen LogP contribution in [0.3, 0.4) is 0 Å². The van der Waals surface area contributed by atoms with Gasteiger partial charge >= 0.3 is 0 Å². The smallest absolute Gasteiger partial charge is 0.254 e. The van der Waals surface area contributed by atoms with Crippen molar-refractivity contribution in [1.29, 1.82) is 0 Å². The van der Waals surface area contributed by atoms with Crippen LogP contribution < -0.4 is 10.5 Å². The molecule has 1 saturated heterocycles. The number of ether oxygens (including phenoxy) is 2. The second-order valence-electron chi connectivity index (χ2n) is 4.06. The van der Waals surface area contributed by atoms with E-state index in [0.717, 1.165) is 0 Å². The van der Waals surface area contributed by atoms with Gasteiger partial charge in [-0.05, 0) is 6.07 Å². The Kier molecular flexibility index (Phi) is 3.96. The van der Waals surface area contributed by atoms with Gasteiger partial charge in [-0.25, -0.2) is 0 Å². The maximum absolute atomic E-state index is 11.2. The van der Waals surface area contributed by atoms with Crippen molar-refractivity contribution in [2.24, 2.45) is 5.73 Å². The molecule has 0 aromatic carbocycles. The standard InChI is InChI=1S/C11H14N2O6/c12-10(17)5-3-13-2-1-6(5)18-11-9(16)8(15)7(4-14)19-11/h1-3,7-9,11,14-16H,4H2,(H2,12,17)/t7-,8-,9-,11?/m1/s1. The number of carbonyl (C=O) groups excluding carboxylic acids is 1. The molecule has 0 spiro atoms. The number of rotatable bonds is 4. The summed E-state index contributed by atoms with van der Waals surface area (Å²) < 4.78 is 10.4. The molecule has 8 heteroatoms. The molecular formula is C11H14N2O6. The molecule has 5 N–H and O–H groups in total. The highest BCUT2D eigenvalue weighted by Gasteiger charge is 2.44. The lowest BCUT2D eigenvalue weighted by molar-refractivity contribution is -0.116. The van der Waals surface area contributed by atoms with Gasteiger partial charge in [0, 0.05) is 12.4 Å². The summed E-state index contributed by atoms with van der Waals surface area (Å²) in [6.07, 6.45) is -2.16. The van der Waals surface area contributed by atoms with Crippen LogP contribution in [0.5, 0.6) is 5.75 Å². The fraction of sp³-hybridized carbons (Fsp3) is 0.455. The van der Waals surface area contributed by atoms with Gasteiger partial charge in [0.1, 0.15) is 24.1 Å². The maximum atomic E-state index is 11.2. The summed E-state index contributed by atoms with van der Waals surface area (Å²) in [6, 6.07) is 1.38. The first-order valence-electron chi connectivity index (χ1n) is 5.57. The van der Waals surface area contributed by atoms with Gasteiger partial charge in [-0.3, -0.25) is 9.78 Å². The van der Waals surface area contributed by atoms with Crippen LogP contribution in [-0.2, 0) is 4.74 Å². The van der Waals surface area contributed by atoms with Crippen LogP contribution in [0, 0.1) is 0 Å². The Labute approximate surface area is 108 Å². The number of aliphatic hydroxyl groups is 3. The quantitative estimate of drug-likeness (QED) is 0.496. The van der Waals surface area contributed by atoms with E-state index in [0.29, 0.717) is 0 Å². The lowest BCUT2D eigenvalue weighted by Crippen LogP contribution is -2.35. The predicted molar refractivity (Wildman–Crippen MR) is 61.1 cm³/mol. The summed E-state index contributed by atoms with van der Waals surface area (Å²) in [5, 5.41) is 28.2. The van der Waals surface area contributed by atoms with Crippen LogP contribution in [-0.4, -0.2) is 57.4 Å². The Morgan fingerprint density at radius 3 is 2.79 bits per heavy atom. The zero-order chi connectivity index (χ0) is 14.0. The van der Waals surface area contributed by atoms with Crippen molar-refractivity contribution in [2.75, 3.05) is 6.61 Å². The van der Waals surface area contributed by atoms with Crippen LogP contribution in [0.4, 0.5) is 0 Å². The van der Waals surface area contributed by atoms with Gasteiger partial charge in [0.2, 0.25) is 6.29 Å². The highest BCUT2D eigenvalue weighted by molar-refractivity contribution is 5.95. The van der Waals surface area contributed by atoms with Crippen molar-refractivity contribution in [2.45, 2.75) is 24.6 Å². The summed E-state index contributed by atoms with van der Waals surface area (Å²) in [5.41, 5.74) is 5.18. The van der Waals surface area contributed by atoms with Crippen molar-refractivity contribution in [1.82, 2.24) is 4.98 Å². The van der Waals surface area contributed by atoms with Gasteiger partial charge in [0.05, 0.1) is 12.2 Å². The van der Waals surface area contributed by atoms with E-state index < -0.39 is 37.1 Å². The molecule has 0 radical (unpaired) electrons. The Balaban J connectivity index is 2.16. The second kappa shape index (κ2) is 5.49. The third-order valence-corrected chi connectivity index (χ3v) is 2.79. The van der Waals surface area contributed by atoms with E-state index in [1.165, 1.54) is 18.5 Å². The van der Waals surface area contributed by atoms with Crippen LogP contribution in [0.2, 0.25) is 0 Å². The van der Waals surface area contributed by atoms with Crippen LogP contribution in [0.1, 0.15) is 10.4 Å². The summed E-state index contributed by atoms with van der Waals surface area (Å²) in [4.78, 5) is 14.9. The Hall–Kier alpha value is -1.74. The monoisotopic (exact) mass is 270 g/mol. The average Bonchev–Trinajstić information content (AvgIpc) is 2.67. The van der Waals surface area contributed by atoms with E-state index in [4.69, 9.17) is 20.3 Å². The fourth-order valence-electron chi connectivity index (χ4n) is 1.76. The van der Waals surface area contributed by atoms with Gasteiger partial charge in [-0.15, -0.1) is 0 Å². The molecule has 8 nitrogen and oxygen atoms in total. The molecule has 1 aromatic rings. The van der Waals surface area contributed by atoms with Crippen molar-refractivity contribution in [3.8, 4) is 5.75 Å². The van der Waals surface area contributed by atoms with E-state index in [1.54, 1.807) is 0 Å². The number of carbonyl (C=O) groups is 1. The molecule has 1 aliphatic rings. The number of aliphatic hydroxyl groups excluding tert-OH is 3. The molecule has 0 saturated carbocycles. The van der Waals surface area contributed by atoms with Crippen molar-refractivity contribution < 1.29 is 29.6 Å². The van der Waals surface area contributed by atoms with E-state index in [2.05, 4.69) is 4.98 Å². The Bertz CT molecular complexity index is 468. The molecule has 4 atom stereocenters. The molecule has 0 aliphatic carbocycles. The highest BCUT2D eigenvalue weighted by Crippen LogP contribution is 2.26. The van der Waals surface area contributed by atoms with E-state index in [9.17, 15) is 15.0 Å². The summed E-state index contributed by atoms with van der Waals surface area (Å²) in [7, 11) is 0.